The standard InChI is InChI=1S/C21H25NO2/c1-22(2)16-3-4-17-18(23)9-20(24-19(17)8-16)21-10-13-5-14(11-21)7-15(6-13)12-21/h3-4,8-9,13-15H,5-7,10-12H2,1-2H3. The summed E-state index contributed by atoms with van der Waals surface area (Å²) in [6, 6.07) is 7.72. The third kappa shape index (κ3) is 2.06. The molecule has 4 saturated carbocycles. The lowest BCUT2D eigenvalue weighted by Gasteiger charge is -2.56. The SMILES string of the molecule is CN(C)c1ccc2c(=O)cc(C34CC5CC(CC(C5)C3)C4)oc2c1. The predicted octanol–water partition coefficient (Wildman–Crippen LogP) is 4.33. The zero-order valence-corrected chi connectivity index (χ0v) is 14.5. The van der Waals surface area contributed by atoms with E-state index >= 15 is 0 Å². The molecule has 126 valence electrons. The van der Waals surface area contributed by atoms with Gasteiger partial charge >= 0.3 is 0 Å². The van der Waals surface area contributed by atoms with Crippen LogP contribution >= 0.6 is 0 Å². The Hall–Kier alpha value is -1.77. The van der Waals surface area contributed by atoms with Gasteiger partial charge in [0.1, 0.15) is 11.3 Å². The zero-order valence-electron chi connectivity index (χ0n) is 14.5. The largest absolute Gasteiger partial charge is 0.460 e. The topological polar surface area (TPSA) is 33.5 Å². The quantitative estimate of drug-likeness (QED) is 0.825. The second-order valence-electron chi connectivity index (χ2n) is 8.75. The highest BCUT2D eigenvalue weighted by molar-refractivity contribution is 5.80. The number of fused-ring (bicyclic) bond motifs is 1. The molecule has 0 radical (unpaired) electrons. The smallest absolute Gasteiger partial charge is 0.192 e. The highest BCUT2D eigenvalue weighted by Crippen LogP contribution is 2.60. The molecule has 0 atom stereocenters. The Morgan fingerprint density at radius 1 is 1.00 bits per heavy atom. The van der Waals surface area contributed by atoms with Crippen molar-refractivity contribution in [2.45, 2.75) is 43.9 Å². The molecular formula is C21H25NO2. The molecule has 6 rings (SSSR count). The maximum absolute atomic E-state index is 12.7. The van der Waals surface area contributed by atoms with Crippen molar-refractivity contribution in [3.63, 3.8) is 0 Å². The van der Waals surface area contributed by atoms with Crippen LogP contribution in [0.3, 0.4) is 0 Å². The van der Waals surface area contributed by atoms with Crippen molar-refractivity contribution in [3.8, 4) is 0 Å². The summed E-state index contributed by atoms with van der Waals surface area (Å²) < 4.78 is 6.39. The van der Waals surface area contributed by atoms with Crippen LogP contribution in [-0.2, 0) is 5.41 Å². The maximum atomic E-state index is 12.7. The minimum absolute atomic E-state index is 0.118. The van der Waals surface area contributed by atoms with Crippen LogP contribution in [0.15, 0.2) is 33.5 Å². The highest BCUT2D eigenvalue weighted by atomic mass is 16.3. The summed E-state index contributed by atoms with van der Waals surface area (Å²) >= 11 is 0. The van der Waals surface area contributed by atoms with Crippen LogP contribution in [0.25, 0.3) is 11.0 Å². The van der Waals surface area contributed by atoms with E-state index in [2.05, 4.69) is 4.90 Å². The van der Waals surface area contributed by atoms with E-state index in [1.807, 2.05) is 38.4 Å². The number of hydrogen-bond acceptors (Lipinski definition) is 3. The lowest BCUT2D eigenvalue weighted by molar-refractivity contribution is -0.0150. The minimum atomic E-state index is 0.118. The van der Waals surface area contributed by atoms with Crippen molar-refractivity contribution >= 4 is 16.7 Å². The van der Waals surface area contributed by atoms with Gasteiger partial charge in [0.15, 0.2) is 5.43 Å². The monoisotopic (exact) mass is 323 g/mol. The summed E-state index contributed by atoms with van der Waals surface area (Å²) in [4.78, 5) is 14.8. The molecule has 1 heterocycles. The van der Waals surface area contributed by atoms with Crippen LogP contribution in [0.1, 0.15) is 44.3 Å². The number of rotatable bonds is 2. The van der Waals surface area contributed by atoms with E-state index in [9.17, 15) is 4.79 Å². The summed E-state index contributed by atoms with van der Waals surface area (Å²) in [5.41, 5.74) is 2.08. The van der Waals surface area contributed by atoms with E-state index in [-0.39, 0.29) is 10.8 Å². The van der Waals surface area contributed by atoms with Gasteiger partial charge in [-0.3, -0.25) is 4.79 Å². The number of benzene rings is 1. The van der Waals surface area contributed by atoms with Gasteiger partial charge in [0, 0.05) is 37.3 Å². The van der Waals surface area contributed by atoms with Crippen LogP contribution < -0.4 is 10.3 Å². The molecule has 4 aliphatic carbocycles. The fourth-order valence-electron chi connectivity index (χ4n) is 6.10. The van der Waals surface area contributed by atoms with Crippen LogP contribution in [0.5, 0.6) is 0 Å². The van der Waals surface area contributed by atoms with E-state index in [0.717, 1.165) is 34.8 Å². The van der Waals surface area contributed by atoms with E-state index in [4.69, 9.17) is 4.42 Å². The Labute approximate surface area is 142 Å². The first kappa shape index (κ1) is 14.6. The van der Waals surface area contributed by atoms with Crippen LogP contribution in [0, 0.1) is 17.8 Å². The predicted molar refractivity (Wildman–Crippen MR) is 96.7 cm³/mol. The van der Waals surface area contributed by atoms with E-state index in [1.54, 1.807) is 0 Å². The fourth-order valence-corrected chi connectivity index (χ4v) is 6.10. The number of hydrogen-bond donors (Lipinski definition) is 0. The summed E-state index contributed by atoms with van der Waals surface area (Å²) in [6.45, 7) is 0. The van der Waals surface area contributed by atoms with E-state index < -0.39 is 0 Å². The van der Waals surface area contributed by atoms with Gasteiger partial charge in [0.25, 0.3) is 0 Å². The summed E-state index contributed by atoms with van der Waals surface area (Å²) in [6.07, 6.45) is 7.88. The van der Waals surface area contributed by atoms with Crippen molar-refractivity contribution in [1.82, 2.24) is 0 Å². The van der Waals surface area contributed by atoms with Gasteiger partial charge in [-0.05, 0) is 68.4 Å². The van der Waals surface area contributed by atoms with Crippen LogP contribution in [0.2, 0.25) is 0 Å². The summed E-state index contributed by atoms with van der Waals surface area (Å²) in [5, 5.41) is 0.703. The zero-order chi connectivity index (χ0) is 16.5. The van der Waals surface area contributed by atoms with Crippen molar-refractivity contribution in [3.05, 3.63) is 40.2 Å². The normalized spacial score (nSPS) is 34.0. The van der Waals surface area contributed by atoms with Crippen molar-refractivity contribution < 1.29 is 4.42 Å². The molecule has 0 unspecified atom stereocenters. The fraction of sp³-hybridized carbons (Fsp3) is 0.571. The van der Waals surface area contributed by atoms with Gasteiger partial charge in [-0.25, -0.2) is 0 Å². The van der Waals surface area contributed by atoms with Gasteiger partial charge in [0.2, 0.25) is 0 Å². The van der Waals surface area contributed by atoms with Gasteiger partial charge in [-0.1, -0.05) is 0 Å². The molecule has 3 heteroatoms. The molecule has 1 aromatic heterocycles. The third-order valence-corrected chi connectivity index (χ3v) is 6.79. The Morgan fingerprint density at radius 2 is 1.62 bits per heavy atom. The average molecular weight is 323 g/mol. The molecule has 4 bridgehead atoms. The van der Waals surface area contributed by atoms with E-state index in [1.165, 1.54) is 38.5 Å². The molecule has 3 nitrogen and oxygen atoms in total. The molecule has 0 spiro atoms. The lowest BCUT2D eigenvalue weighted by Crippen LogP contribution is -2.48. The van der Waals surface area contributed by atoms with Gasteiger partial charge in [-0.15, -0.1) is 0 Å². The Balaban J connectivity index is 1.66. The maximum Gasteiger partial charge on any atom is 0.192 e. The Morgan fingerprint density at radius 3 is 2.21 bits per heavy atom. The molecule has 0 N–H and O–H groups in total. The summed E-state index contributed by atoms with van der Waals surface area (Å²) in [5.74, 6) is 3.52. The average Bonchev–Trinajstić information content (AvgIpc) is 2.53. The number of nitrogens with zero attached hydrogens (tertiary/aromatic N) is 1. The Kier molecular flexibility index (Phi) is 2.96. The molecule has 24 heavy (non-hydrogen) atoms. The molecule has 1 aromatic carbocycles. The molecular weight excluding hydrogens is 298 g/mol. The summed E-state index contributed by atoms with van der Waals surface area (Å²) in [7, 11) is 4.03. The molecule has 0 saturated heterocycles. The second kappa shape index (κ2) is 4.87. The van der Waals surface area contributed by atoms with Crippen molar-refractivity contribution in [2.24, 2.45) is 17.8 Å². The van der Waals surface area contributed by atoms with Crippen molar-refractivity contribution in [1.29, 1.82) is 0 Å². The highest BCUT2D eigenvalue weighted by Gasteiger charge is 2.53. The first-order chi connectivity index (χ1) is 11.5. The van der Waals surface area contributed by atoms with Crippen LogP contribution in [-0.4, -0.2) is 14.1 Å². The molecule has 2 aromatic rings. The van der Waals surface area contributed by atoms with E-state index in [0.29, 0.717) is 5.39 Å². The molecule has 0 amide bonds. The second-order valence-corrected chi connectivity index (χ2v) is 8.75. The third-order valence-electron chi connectivity index (χ3n) is 6.79. The Bertz CT molecular complexity index is 828. The van der Waals surface area contributed by atoms with Crippen LogP contribution in [0.4, 0.5) is 5.69 Å². The van der Waals surface area contributed by atoms with Gasteiger partial charge in [0.05, 0.1) is 5.39 Å². The minimum Gasteiger partial charge on any atom is -0.460 e. The van der Waals surface area contributed by atoms with Gasteiger partial charge < -0.3 is 9.32 Å². The lowest BCUT2D eigenvalue weighted by atomic mass is 9.49. The molecule has 4 fully saturated rings. The van der Waals surface area contributed by atoms with Crippen molar-refractivity contribution in [2.75, 3.05) is 19.0 Å². The number of anilines is 1. The molecule has 4 aliphatic rings. The first-order valence-electron chi connectivity index (χ1n) is 9.28. The van der Waals surface area contributed by atoms with Gasteiger partial charge in [-0.2, -0.15) is 0 Å². The first-order valence-corrected chi connectivity index (χ1v) is 9.28. The molecule has 0 aliphatic heterocycles.